The minimum Gasteiger partial charge on any atom is -0.508 e. The first-order valence-corrected chi connectivity index (χ1v) is 8.72. The number of aryl methyl sites for hydroxylation is 1. The quantitative estimate of drug-likeness (QED) is 0.412. The van der Waals surface area contributed by atoms with Crippen LogP contribution in [-0.4, -0.2) is 31.1 Å². The van der Waals surface area contributed by atoms with Gasteiger partial charge in [-0.15, -0.1) is 0 Å². The predicted octanol–water partition coefficient (Wildman–Crippen LogP) is 3.79. The lowest BCUT2D eigenvalue weighted by atomic mass is 10.1. The Labute approximate surface area is 162 Å². The van der Waals surface area contributed by atoms with E-state index in [-0.39, 0.29) is 5.75 Å². The number of hydrogen-bond donors (Lipinski definition) is 2. The average molecular weight is 370 g/mol. The van der Waals surface area contributed by atoms with Crippen molar-refractivity contribution in [2.45, 2.75) is 6.92 Å². The summed E-state index contributed by atoms with van der Waals surface area (Å²) in [5.41, 5.74) is 6.67. The van der Waals surface area contributed by atoms with Crippen LogP contribution < -0.4 is 5.43 Å². The minimum absolute atomic E-state index is 0.217. The smallest absolute Gasteiger partial charge is 0.159 e. The van der Waals surface area contributed by atoms with E-state index >= 15 is 0 Å². The van der Waals surface area contributed by atoms with Gasteiger partial charge in [0, 0.05) is 11.6 Å². The van der Waals surface area contributed by atoms with E-state index in [9.17, 15) is 5.11 Å². The van der Waals surface area contributed by atoms with E-state index in [1.165, 1.54) is 6.33 Å². The second-order valence-electron chi connectivity index (χ2n) is 6.17. The molecular weight excluding hydrogens is 352 g/mol. The maximum atomic E-state index is 9.32. The van der Waals surface area contributed by atoms with Crippen LogP contribution >= 0.6 is 0 Å². The molecule has 2 aromatic heterocycles. The molecule has 0 aliphatic heterocycles. The Bertz CT molecular complexity index is 1100. The molecule has 0 unspecified atom stereocenters. The lowest BCUT2D eigenvalue weighted by molar-refractivity contribution is 0.475. The van der Waals surface area contributed by atoms with Gasteiger partial charge in [-0.05, 0) is 42.8 Å². The first-order chi connectivity index (χ1) is 13.7. The number of benzene rings is 2. The molecule has 0 bridgehead atoms. The van der Waals surface area contributed by atoms with Crippen LogP contribution in [-0.2, 0) is 0 Å². The molecule has 7 nitrogen and oxygen atoms in total. The van der Waals surface area contributed by atoms with Crippen LogP contribution in [0.1, 0.15) is 11.3 Å². The highest BCUT2D eigenvalue weighted by Gasteiger charge is 2.11. The summed E-state index contributed by atoms with van der Waals surface area (Å²) < 4.78 is 1.79. The Morgan fingerprint density at radius 2 is 1.79 bits per heavy atom. The maximum absolute atomic E-state index is 9.32. The molecule has 138 valence electrons. The van der Waals surface area contributed by atoms with Crippen LogP contribution in [0.25, 0.3) is 17.1 Å². The molecule has 28 heavy (non-hydrogen) atoms. The van der Waals surface area contributed by atoms with Crippen LogP contribution in [0.3, 0.4) is 0 Å². The van der Waals surface area contributed by atoms with E-state index in [1.54, 1.807) is 41.2 Å². The van der Waals surface area contributed by atoms with Crippen molar-refractivity contribution in [3.05, 3.63) is 84.3 Å². The number of anilines is 1. The fourth-order valence-electron chi connectivity index (χ4n) is 2.75. The number of phenolic OH excluding ortho intramolecular Hbond substituents is 1. The highest BCUT2D eigenvalue weighted by atomic mass is 16.3. The normalized spacial score (nSPS) is 11.0. The van der Waals surface area contributed by atoms with Crippen molar-refractivity contribution in [1.82, 2.24) is 19.7 Å². The summed E-state index contributed by atoms with van der Waals surface area (Å²) in [5, 5.41) is 18.1. The summed E-state index contributed by atoms with van der Waals surface area (Å²) in [4.78, 5) is 8.56. The summed E-state index contributed by atoms with van der Waals surface area (Å²) in [7, 11) is 0. The summed E-state index contributed by atoms with van der Waals surface area (Å²) in [5.74, 6) is 1.41. The molecule has 2 N–H and O–H groups in total. The van der Waals surface area contributed by atoms with Gasteiger partial charge in [-0.1, -0.05) is 30.3 Å². The molecule has 0 amide bonds. The van der Waals surface area contributed by atoms with Gasteiger partial charge in [0.05, 0.1) is 17.6 Å². The standard InChI is InChI=1S/C21H18N6O/c1-15-11-19(17-5-3-2-4-6-17)27(26-15)21-12-20(22-14-23-21)25-24-13-16-7-9-18(28)10-8-16/h2-14,28H,1H3,(H,22,23,25). The minimum atomic E-state index is 0.217. The molecule has 0 radical (unpaired) electrons. The van der Waals surface area contributed by atoms with E-state index in [4.69, 9.17) is 0 Å². The first kappa shape index (κ1) is 17.4. The summed E-state index contributed by atoms with van der Waals surface area (Å²) >= 11 is 0. The van der Waals surface area contributed by atoms with Crippen molar-refractivity contribution < 1.29 is 5.11 Å². The molecule has 0 fully saturated rings. The molecule has 0 aliphatic carbocycles. The van der Waals surface area contributed by atoms with Crippen LogP contribution in [0.5, 0.6) is 5.75 Å². The van der Waals surface area contributed by atoms with Gasteiger partial charge < -0.3 is 5.11 Å². The Hall–Kier alpha value is -4.00. The van der Waals surface area contributed by atoms with Crippen molar-refractivity contribution in [3.63, 3.8) is 0 Å². The predicted molar refractivity (Wildman–Crippen MR) is 109 cm³/mol. The Morgan fingerprint density at radius 3 is 2.57 bits per heavy atom. The third-order valence-corrected chi connectivity index (χ3v) is 4.06. The number of aromatic nitrogens is 4. The molecular formula is C21H18N6O. The Balaban J connectivity index is 1.59. The van der Waals surface area contributed by atoms with Gasteiger partial charge in [-0.3, -0.25) is 5.43 Å². The van der Waals surface area contributed by atoms with Crippen LogP contribution in [0.2, 0.25) is 0 Å². The number of nitrogens with zero attached hydrogens (tertiary/aromatic N) is 5. The van der Waals surface area contributed by atoms with E-state index < -0.39 is 0 Å². The highest BCUT2D eigenvalue weighted by molar-refractivity contribution is 5.80. The molecule has 4 rings (SSSR count). The third kappa shape index (κ3) is 3.88. The molecule has 0 saturated carbocycles. The third-order valence-electron chi connectivity index (χ3n) is 4.06. The fourth-order valence-corrected chi connectivity index (χ4v) is 2.75. The van der Waals surface area contributed by atoms with Gasteiger partial charge in [-0.25, -0.2) is 14.6 Å². The number of phenols is 1. The topological polar surface area (TPSA) is 88.2 Å². The zero-order valence-corrected chi connectivity index (χ0v) is 15.2. The van der Waals surface area contributed by atoms with Crippen LogP contribution in [0, 0.1) is 6.92 Å². The van der Waals surface area contributed by atoms with Crippen LogP contribution in [0.15, 0.2) is 78.2 Å². The van der Waals surface area contributed by atoms with Crippen molar-refractivity contribution in [1.29, 1.82) is 0 Å². The fraction of sp³-hybridized carbons (Fsp3) is 0.0476. The Kier molecular flexibility index (Phi) is 4.79. The van der Waals surface area contributed by atoms with Gasteiger partial charge in [0.15, 0.2) is 11.6 Å². The molecule has 2 aromatic carbocycles. The second kappa shape index (κ2) is 7.71. The zero-order chi connectivity index (χ0) is 19.3. The maximum Gasteiger partial charge on any atom is 0.159 e. The Morgan fingerprint density at radius 1 is 1.00 bits per heavy atom. The van der Waals surface area contributed by atoms with Gasteiger partial charge in [0.2, 0.25) is 0 Å². The van der Waals surface area contributed by atoms with E-state index in [1.807, 2.05) is 43.3 Å². The molecule has 0 spiro atoms. The number of nitrogens with one attached hydrogen (secondary N) is 1. The molecule has 0 atom stereocenters. The number of hydrazone groups is 1. The summed E-state index contributed by atoms with van der Waals surface area (Å²) in [6, 6.07) is 20.6. The SMILES string of the molecule is Cc1cc(-c2ccccc2)n(-c2cc(NN=Cc3ccc(O)cc3)ncn2)n1. The lowest BCUT2D eigenvalue weighted by Crippen LogP contribution is -2.04. The monoisotopic (exact) mass is 370 g/mol. The van der Waals surface area contributed by atoms with Crippen molar-refractivity contribution in [2.24, 2.45) is 5.10 Å². The lowest BCUT2D eigenvalue weighted by Gasteiger charge is -2.07. The number of rotatable bonds is 5. The summed E-state index contributed by atoms with van der Waals surface area (Å²) in [6.07, 6.45) is 3.12. The van der Waals surface area contributed by atoms with Crippen molar-refractivity contribution in [2.75, 3.05) is 5.43 Å². The van der Waals surface area contributed by atoms with Crippen molar-refractivity contribution in [3.8, 4) is 22.8 Å². The highest BCUT2D eigenvalue weighted by Crippen LogP contribution is 2.23. The first-order valence-electron chi connectivity index (χ1n) is 8.72. The van der Waals surface area contributed by atoms with Gasteiger partial charge in [0.25, 0.3) is 0 Å². The molecule has 2 heterocycles. The number of aromatic hydroxyl groups is 1. The summed E-state index contributed by atoms with van der Waals surface area (Å²) in [6.45, 7) is 1.95. The van der Waals surface area contributed by atoms with Gasteiger partial charge >= 0.3 is 0 Å². The van der Waals surface area contributed by atoms with Crippen molar-refractivity contribution >= 4 is 12.0 Å². The van der Waals surface area contributed by atoms with Gasteiger partial charge in [0.1, 0.15) is 12.1 Å². The largest absolute Gasteiger partial charge is 0.508 e. The molecule has 0 saturated heterocycles. The second-order valence-corrected chi connectivity index (χ2v) is 6.17. The number of hydrogen-bond acceptors (Lipinski definition) is 6. The van der Waals surface area contributed by atoms with Gasteiger partial charge in [-0.2, -0.15) is 10.2 Å². The van der Waals surface area contributed by atoms with E-state index in [0.717, 1.165) is 22.5 Å². The molecule has 4 aromatic rings. The molecule has 0 aliphatic rings. The molecule has 7 heteroatoms. The van der Waals surface area contributed by atoms with Crippen LogP contribution in [0.4, 0.5) is 5.82 Å². The van der Waals surface area contributed by atoms with E-state index in [2.05, 4.69) is 25.6 Å². The average Bonchev–Trinajstić information content (AvgIpc) is 3.12. The van der Waals surface area contributed by atoms with E-state index in [0.29, 0.717) is 11.6 Å². The zero-order valence-electron chi connectivity index (χ0n) is 15.2.